The lowest BCUT2D eigenvalue weighted by Gasteiger charge is -2.72. The van der Waals surface area contributed by atoms with E-state index in [0.717, 1.165) is 5.57 Å². The van der Waals surface area contributed by atoms with Gasteiger partial charge in [-0.1, -0.05) is 60.1 Å². The second-order valence-electron chi connectivity index (χ2n) is 36.3. The Morgan fingerprint density at radius 1 is 0.487 bits per heavy atom. The summed E-state index contributed by atoms with van der Waals surface area (Å²) in [6, 6.07) is -1.47. The molecule has 115 heavy (non-hydrogen) atoms. The first-order chi connectivity index (χ1) is 54.0. The molecule has 22 N–H and O–H groups in total. The predicted octanol–water partition coefficient (Wildman–Crippen LogP) is -8.43. The van der Waals surface area contributed by atoms with Gasteiger partial charge in [-0.3, -0.25) is 9.59 Å². The van der Waals surface area contributed by atoms with Crippen molar-refractivity contribution in [2.75, 3.05) is 59.5 Å². The van der Waals surface area contributed by atoms with E-state index >= 15 is 4.79 Å². The summed E-state index contributed by atoms with van der Waals surface area (Å²) in [5.41, 5.74) is -6.07. The van der Waals surface area contributed by atoms with Crippen LogP contribution in [0.25, 0.3) is 0 Å². The van der Waals surface area contributed by atoms with E-state index in [-0.39, 0.29) is 24.7 Å². The molecule has 0 aromatic carbocycles. The fourth-order valence-electron chi connectivity index (χ4n) is 21.5. The number of aliphatic hydroxyl groups excluding tert-OH is 20. The largest absolute Gasteiger partial charge is 0.432 e. The number of ether oxygens (including phenoxy) is 16. The summed E-state index contributed by atoms with van der Waals surface area (Å²) in [5, 5.41) is 235. The van der Waals surface area contributed by atoms with Crippen LogP contribution < -0.4 is 5.32 Å². The number of allylic oxidation sites excluding steroid dienone is 2. The zero-order valence-corrected chi connectivity index (χ0v) is 65.5. The highest BCUT2D eigenvalue weighted by molar-refractivity contribution is 5.80. The molecule has 660 valence electrons. The van der Waals surface area contributed by atoms with Crippen molar-refractivity contribution in [1.82, 2.24) is 5.32 Å². The molecule has 13 rings (SSSR count). The lowest BCUT2D eigenvalue weighted by atomic mass is 9.33. The molecule has 0 spiro atoms. The van der Waals surface area contributed by atoms with Crippen LogP contribution in [0.15, 0.2) is 11.6 Å². The van der Waals surface area contributed by atoms with Crippen molar-refractivity contribution in [3.63, 3.8) is 0 Å². The predicted molar refractivity (Wildman–Crippen MR) is 376 cm³/mol. The molecule has 8 saturated heterocycles. The van der Waals surface area contributed by atoms with Gasteiger partial charge in [0.25, 0.3) is 0 Å². The maximum atomic E-state index is 16.1. The molecular formula is C75H121NO39. The van der Waals surface area contributed by atoms with Gasteiger partial charge in [-0.25, -0.2) is 0 Å². The molecule has 0 unspecified atom stereocenters. The SMILES string of the molecule is CC(=O)N[C@H]1[C@H](O[C@H]2CC[C@]3(C)[C@H]4CC=C5[C@@H]6CC(C)(C)CC[C@]6(C(=O)O[C@@H]6O[C@H](CO)[C@@H](O)[C@H](O[C@@H]7OC[C@@H](O)[C@H](O)[C@H]7O)[C@H]6O[C@@H]6OC[C@@H](O)[C@H](O[C@@H]7OC[C@](O)(CO)[C@H]7O)[C@H]6O)[C@H](O)C[C@@]5(C)[C@]4(C)CC[C@H]3C2(C)C)O[C@H](CO[C@@H]2OC[C@H](O)[C@H](O[C@@H]3OC[C@@H](O)[C@H](O)[C@H]3O)[C@H]2O)[C@@H](O[C@@H]2O[C@H](CO)[C@@H](O)[C@H](O)[C@H]2O)[C@@H]1O. The molecule has 40 heteroatoms. The minimum absolute atomic E-state index is 0.0469. The van der Waals surface area contributed by atoms with Crippen LogP contribution in [-0.2, 0) is 85.4 Å². The van der Waals surface area contributed by atoms with Gasteiger partial charge in [-0.2, -0.15) is 0 Å². The maximum absolute atomic E-state index is 16.1. The third-order valence-corrected chi connectivity index (χ3v) is 28.4. The van der Waals surface area contributed by atoms with Crippen LogP contribution in [0.4, 0.5) is 0 Å². The summed E-state index contributed by atoms with van der Waals surface area (Å²) < 4.78 is 96.8. The highest BCUT2D eigenvalue weighted by Crippen LogP contribution is 2.76. The van der Waals surface area contributed by atoms with E-state index in [1.807, 2.05) is 0 Å². The van der Waals surface area contributed by atoms with E-state index in [0.29, 0.717) is 44.9 Å². The molecule has 43 atom stereocenters. The molecule has 8 heterocycles. The number of rotatable bonds is 21. The minimum atomic E-state index is -2.19. The van der Waals surface area contributed by atoms with Gasteiger partial charge in [0.2, 0.25) is 12.2 Å². The molecule has 0 aromatic rings. The second-order valence-corrected chi connectivity index (χ2v) is 36.3. The Bertz CT molecular complexity index is 3350. The van der Waals surface area contributed by atoms with Crippen LogP contribution in [0.3, 0.4) is 0 Å². The first-order valence-electron chi connectivity index (χ1n) is 39.9. The number of esters is 1. The third kappa shape index (κ3) is 16.2. The van der Waals surface area contributed by atoms with Gasteiger partial charge in [-0.15, -0.1) is 0 Å². The second kappa shape index (κ2) is 34.4. The number of amides is 1. The number of hydrogen-bond donors (Lipinski definition) is 22. The highest BCUT2D eigenvalue weighted by atomic mass is 16.8. The monoisotopic (exact) mass is 1660 g/mol. The molecule has 5 aliphatic carbocycles. The number of carbonyl (C=O) groups excluding carboxylic acids is 2. The quantitative estimate of drug-likeness (QED) is 0.0288. The average Bonchev–Trinajstić information content (AvgIpc) is 0.809. The van der Waals surface area contributed by atoms with Gasteiger partial charge in [0.15, 0.2) is 50.1 Å². The van der Waals surface area contributed by atoms with Crippen LogP contribution in [0.5, 0.6) is 0 Å². The summed E-state index contributed by atoms with van der Waals surface area (Å²) in [7, 11) is 0. The molecule has 4 saturated carbocycles. The zero-order chi connectivity index (χ0) is 83.6. The van der Waals surface area contributed by atoms with Crippen molar-refractivity contribution in [3.8, 4) is 0 Å². The molecule has 0 aromatic heterocycles. The maximum Gasteiger partial charge on any atom is 0.317 e. The third-order valence-electron chi connectivity index (χ3n) is 28.4. The molecule has 40 nitrogen and oxygen atoms in total. The number of aliphatic hydroxyl groups is 21. The van der Waals surface area contributed by atoms with E-state index in [4.69, 9.17) is 75.8 Å². The van der Waals surface area contributed by atoms with E-state index in [2.05, 4.69) is 59.9 Å². The van der Waals surface area contributed by atoms with Crippen molar-refractivity contribution < 1.29 is 193 Å². The van der Waals surface area contributed by atoms with Crippen LogP contribution in [-0.4, -0.2) is 399 Å². The van der Waals surface area contributed by atoms with Gasteiger partial charge < -0.3 is 188 Å². The normalized spacial score (nSPS) is 53.1. The number of fused-ring (bicyclic) bond motifs is 7. The Morgan fingerprint density at radius 2 is 1.02 bits per heavy atom. The van der Waals surface area contributed by atoms with Gasteiger partial charge in [0.05, 0.1) is 71.7 Å². The van der Waals surface area contributed by atoms with Crippen molar-refractivity contribution >= 4 is 11.9 Å². The molecular weight excluding hydrogens is 1540 g/mol. The first kappa shape index (κ1) is 90.0. The highest BCUT2D eigenvalue weighted by Gasteiger charge is 2.73. The number of carbonyl (C=O) groups is 2. The van der Waals surface area contributed by atoms with Gasteiger partial charge in [-0.05, 0) is 103 Å². The zero-order valence-electron chi connectivity index (χ0n) is 65.5. The van der Waals surface area contributed by atoms with Gasteiger partial charge in [0.1, 0.15) is 157 Å². The Hall–Kier alpha value is -2.76. The Balaban J connectivity index is 0.764. The van der Waals surface area contributed by atoms with Crippen LogP contribution in [0.2, 0.25) is 0 Å². The van der Waals surface area contributed by atoms with E-state index in [1.165, 1.54) is 6.92 Å². The smallest absolute Gasteiger partial charge is 0.317 e. The number of hydrogen-bond acceptors (Lipinski definition) is 39. The van der Waals surface area contributed by atoms with E-state index in [9.17, 15) is 112 Å². The average molecular weight is 1660 g/mol. The Kier molecular flexibility index (Phi) is 26.9. The molecule has 13 aliphatic rings. The molecule has 0 radical (unpaired) electrons. The minimum Gasteiger partial charge on any atom is -0.432 e. The first-order valence-corrected chi connectivity index (χ1v) is 39.9. The van der Waals surface area contributed by atoms with E-state index in [1.54, 1.807) is 0 Å². The summed E-state index contributed by atoms with van der Waals surface area (Å²) in [6.07, 6.45) is -53.3. The van der Waals surface area contributed by atoms with Gasteiger partial charge in [0, 0.05) is 6.92 Å². The van der Waals surface area contributed by atoms with Crippen LogP contribution in [0.1, 0.15) is 113 Å². The van der Waals surface area contributed by atoms with Crippen molar-refractivity contribution in [3.05, 3.63) is 11.6 Å². The number of nitrogens with one attached hydrogen (secondary N) is 1. The van der Waals surface area contributed by atoms with Crippen molar-refractivity contribution in [1.29, 1.82) is 0 Å². The summed E-state index contributed by atoms with van der Waals surface area (Å²) >= 11 is 0. The lowest BCUT2D eigenvalue weighted by Crippen LogP contribution is -2.69. The fraction of sp³-hybridized carbons (Fsp3) is 0.947. The topological polar surface area (TPSA) is 619 Å². The molecule has 8 aliphatic heterocycles. The summed E-state index contributed by atoms with van der Waals surface area (Å²) in [4.78, 5) is 29.4. The van der Waals surface area contributed by atoms with Crippen LogP contribution >= 0.6 is 0 Å². The van der Waals surface area contributed by atoms with Crippen molar-refractivity contribution in [2.24, 2.45) is 50.2 Å². The standard InChI is InChI=1S/C75H121NO39/c1-28(80)76-42-47(90)56(112-65-51(94)48(91)45(88)35(19-77)106-65)37(25-104-61-52(95)54(33(83)23-100-61)110-62-49(92)43(86)31(81)21-101-62)108-60(42)109-41-12-13-71(6)38(70(41,4)5)11-14-72(7)39(71)10-9-29-30-17-69(2,3)15-16-75(30,40(85)18-73(29,72)8)68(98)115-66-58(57(46(89)36(20-78)107-66)113-63-50(93)44(87)32(82)22-102-63)114-64-53(96)55(34(84)24-103-64)111-67-59(97)74(99,26-79)27-105-67/h9,30-67,77-79,81-97,99H,10-27H2,1-8H3,(H,76,80)/t30-,31+,32+,33-,34+,35+,36+,37+,38-,39+,40+,41-,42+,43-,44-,45+,46+,47+,48-,49+,50+,51+,52+,53+,54-,55-,56+,57-,58+,59-,60-,61-,62-,63-,64-,65-,66-,67-,71-,72+,73+,74+,75+/m0/s1. The molecule has 1 amide bonds. The van der Waals surface area contributed by atoms with E-state index < -0.39 is 330 Å². The molecule has 0 bridgehead atoms. The fourth-order valence-corrected chi connectivity index (χ4v) is 21.5. The molecule has 12 fully saturated rings. The van der Waals surface area contributed by atoms with Crippen LogP contribution in [0, 0.1) is 50.2 Å². The Morgan fingerprint density at radius 3 is 1.62 bits per heavy atom. The summed E-state index contributed by atoms with van der Waals surface area (Å²) in [6.45, 7) is 9.85. The lowest BCUT2D eigenvalue weighted by molar-refractivity contribution is -0.381. The Labute approximate surface area is 662 Å². The summed E-state index contributed by atoms with van der Waals surface area (Å²) in [5.74, 6) is -2.55. The van der Waals surface area contributed by atoms with Gasteiger partial charge >= 0.3 is 5.97 Å². The van der Waals surface area contributed by atoms with Crippen molar-refractivity contribution in [2.45, 2.75) is 334 Å².